The SMILES string of the molecule is CCOc1ccc2nc(N(CCCN(C)C)C(=O)c3ccccc3[N+](=O)[O-])sc2c1. The Kier molecular flexibility index (Phi) is 6.96. The third kappa shape index (κ3) is 4.92. The third-order valence-electron chi connectivity index (χ3n) is 4.45. The summed E-state index contributed by atoms with van der Waals surface area (Å²) in [5, 5.41) is 11.9. The zero-order valence-corrected chi connectivity index (χ0v) is 18.0. The second-order valence-corrected chi connectivity index (χ2v) is 7.96. The first-order chi connectivity index (χ1) is 14.4. The lowest BCUT2D eigenvalue weighted by atomic mass is 10.1. The number of hydrogen-bond acceptors (Lipinski definition) is 7. The van der Waals surface area contributed by atoms with E-state index >= 15 is 0 Å². The molecule has 9 heteroatoms. The van der Waals surface area contributed by atoms with Crippen LogP contribution < -0.4 is 9.64 Å². The van der Waals surface area contributed by atoms with Gasteiger partial charge >= 0.3 is 0 Å². The molecule has 0 radical (unpaired) electrons. The Hall–Kier alpha value is -3.04. The summed E-state index contributed by atoms with van der Waals surface area (Å²) < 4.78 is 6.44. The van der Waals surface area contributed by atoms with Crippen LogP contribution in [0, 0.1) is 10.1 Å². The van der Waals surface area contributed by atoms with Crippen molar-refractivity contribution < 1.29 is 14.5 Å². The number of nitrogens with zero attached hydrogens (tertiary/aromatic N) is 4. The number of carbonyl (C=O) groups is 1. The zero-order chi connectivity index (χ0) is 21.7. The summed E-state index contributed by atoms with van der Waals surface area (Å²) in [6.07, 6.45) is 0.708. The first-order valence-corrected chi connectivity index (χ1v) is 10.5. The van der Waals surface area contributed by atoms with Crippen LogP contribution in [0.5, 0.6) is 5.75 Å². The van der Waals surface area contributed by atoms with E-state index < -0.39 is 10.8 Å². The molecule has 0 spiro atoms. The number of anilines is 1. The number of amides is 1. The molecule has 0 saturated carbocycles. The molecule has 1 aromatic heterocycles. The highest BCUT2D eigenvalue weighted by Gasteiger charge is 2.27. The van der Waals surface area contributed by atoms with Gasteiger partial charge in [-0.15, -0.1) is 0 Å². The maximum Gasteiger partial charge on any atom is 0.282 e. The predicted octanol–water partition coefficient (Wildman–Crippen LogP) is 4.20. The Balaban J connectivity index is 1.99. The van der Waals surface area contributed by atoms with Gasteiger partial charge < -0.3 is 9.64 Å². The Bertz CT molecular complexity index is 1050. The highest BCUT2D eigenvalue weighted by atomic mass is 32.1. The Morgan fingerprint density at radius 2 is 1.97 bits per heavy atom. The van der Waals surface area contributed by atoms with Crippen molar-refractivity contribution in [3.05, 3.63) is 58.1 Å². The fourth-order valence-electron chi connectivity index (χ4n) is 3.05. The minimum atomic E-state index is -0.530. The number of carbonyl (C=O) groups excluding carboxylic acids is 1. The van der Waals surface area contributed by atoms with Gasteiger partial charge in [-0.05, 0) is 58.3 Å². The summed E-state index contributed by atoms with van der Waals surface area (Å²) in [5.41, 5.74) is 0.605. The molecule has 0 saturated heterocycles. The van der Waals surface area contributed by atoms with Crippen LogP contribution in [0.3, 0.4) is 0 Å². The third-order valence-corrected chi connectivity index (χ3v) is 5.50. The van der Waals surface area contributed by atoms with Gasteiger partial charge in [0.05, 0.1) is 21.7 Å². The Morgan fingerprint density at radius 3 is 2.67 bits per heavy atom. The molecule has 3 aromatic rings. The average molecular weight is 429 g/mol. The highest BCUT2D eigenvalue weighted by molar-refractivity contribution is 7.22. The molecule has 8 nitrogen and oxygen atoms in total. The van der Waals surface area contributed by atoms with Gasteiger partial charge in [0.1, 0.15) is 11.3 Å². The van der Waals surface area contributed by atoms with Crippen LogP contribution in [-0.2, 0) is 0 Å². The van der Waals surface area contributed by atoms with Crippen LogP contribution in [0.25, 0.3) is 10.2 Å². The molecular formula is C21H24N4O4S. The number of thiazole rings is 1. The molecule has 0 bridgehead atoms. The summed E-state index contributed by atoms with van der Waals surface area (Å²) in [7, 11) is 3.92. The van der Waals surface area contributed by atoms with Gasteiger partial charge in [0, 0.05) is 12.6 Å². The molecule has 1 amide bonds. The average Bonchev–Trinajstić information content (AvgIpc) is 3.13. The summed E-state index contributed by atoms with van der Waals surface area (Å²) in [6.45, 7) is 3.66. The van der Waals surface area contributed by atoms with Crippen molar-refractivity contribution in [1.82, 2.24) is 9.88 Å². The number of nitro groups is 1. The summed E-state index contributed by atoms with van der Waals surface area (Å²) in [6, 6.07) is 11.6. The lowest BCUT2D eigenvalue weighted by Gasteiger charge is -2.21. The number of ether oxygens (including phenoxy) is 1. The van der Waals surface area contributed by atoms with Crippen LogP contribution in [0.15, 0.2) is 42.5 Å². The van der Waals surface area contributed by atoms with E-state index in [-0.39, 0.29) is 11.3 Å². The second kappa shape index (κ2) is 9.64. The van der Waals surface area contributed by atoms with Crippen LogP contribution in [0.4, 0.5) is 10.8 Å². The van der Waals surface area contributed by atoms with Crippen molar-refractivity contribution in [1.29, 1.82) is 0 Å². The molecule has 2 aromatic carbocycles. The smallest absolute Gasteiger partial charge is 0.282 e. The van der Waals surface area contributed by atoms with E-state index in [2.05, 4.69) is 4.98 Å². The van der Waals surface area contributed by atoms with E-state index in [0.29, 0.717) is 24.7 Å². The van der Waals surface area contributed by atoms with Crippen molar-refractivity contribution in [2.24, 2.45) is 0 Å². The molecule has 3 rings (SSSR count). The molecular weight excluding hydrogens is 404 g/mol. The maximum atomic E-state index is 13.3. The summed E-state index contributed by atoms with van der Waals surface area (Å²) in [4.78, 5) is 32.4. The van der Waals surface area contributed by atoms with Gasteiger partial charge in [0.25, 0.3) is 11.6 Å². The van der Waals surface area contributed by atoms with Crippen molar-refractivity contribution in [2.45, 2.75) is 13.3 Å². The molecule has 0 N–H and O–H groups in total. The molecule has 0 unspecified atom stereocenters. The highest BCUT2D eigenvalue weighted by Crippen LogP contribution is 2.33. The molecule has 158 valence electrons. The van der Waals surface area contributed by atoms with Gasteiger partial charge in [-0.25, -0.2) is 4.98 Å². The number of fused-ring (bicyclic) bond motifs is 1. The van der Waals surface area contributed by atoms with Crippen molar-refractivity contribution in [2.75, 3.05) is 38.7 Å². The summed E-state index contributed by atoms with van der Waals surface area (Å²) >= 11 is 1.37. The number of benzene rings is 2. The molecule has 0 aliphatic rings. The van der Waals surface area contributed by atoms with Crippen LogP contribution in [0.1, 0.15) is 23.7 Å². The Labute approximate surface area is 178 Å². The Morgan fingerprint density at radius 1 is 1.20 bits per heavy atom. The first kappa shape index (κ1) is 21.7. The second-order valence-electron chi connectivity index (χ2n) is 6.95. The lowest BCUT2D eigenvalue weighted by Crippen LogP contribution is -2.33. The monoisotopic (exact) mass is 428 g/mol. The van der Waals surface area contributed by atoms with E-state index in [1.54, 1.807) is 12.1 Å². The standard InChI is InChI=1S/C21H24N4O4S/c1-4-29-15-10-11-17-19(14-15)30-21(22-17)24(13-7-12-23(2)3)20(26)16-8-5-6-9-18(16)25(27)28/h5-6,8-11,14H,4,7,12-13H2,1-3H3. The van der Waals surface area contributed by atoms with Crippen molar-refractivity contribution in [3.8, 4) is 5.75 Å². The number of para-hydroxylation sites is 1. The van der Waals surface area contributed by atoms with Gasteiger partial charge in [-0.3, -0.25) is 19.8 Å². The predicted molar refractivity (Wildman–Crippen MR) is 119 cm³/mol. The first-order valence-electron chi connectivity index (χ1n) is 9.64. The molecule has 1 heterocycles. The van der Waals surface area contributed by atoms with Crippen LogP contribution in [-0.4, -0.2) is 54.5 Å². The van der Waals surface area contributed by atoms with Gasteiger partial charge in [0.2, 0.25) is 0 Å². The van der Waals surface area contributed by atoms with E-state index in [1.165, 1.54) is 28.4 Å². The van der Waals surface area contributed by atoms with Gasteiger partial charge in [0.15, 0.2) is 5.13 Å². The van der Waals surface area contributed by atoms with Gasteiger partial charge in [-0.2, -0.15) is 0 Å². The molecule has 0 atom stereocenters. The molecule has 30 heavy (non-hydrogen) atoms. The minimum Gasteiger partial charge on any atom is -0.494 e. The fourth-order valence-corrected chi connectivity index (χ4v) is 4.07. The van der Waals surface area contributed by atoms with Crippen LogP contribution in [0.2, 0.25) is 0 Å². The number of hydrogen-bond donors (Lipinski definition) is 0. The number of aromatic nitrogens is 1. The molecule has 0 aliphatic carbocycles. The fraction of sp³-hybridized carbons (Fsp3) is 0.333. The summed E-state index contributed by atoms with van der Waals surface area (Å²) in [5.74, 6) is 0.314. The normalized spacial score (nSPS) is 11.1. The van der Waals surface area contributed by atoms with Crippen LogP contribution >= 0.6 is 11.3 Å². The minimum absolute atomic E-state index is 0.0571. The molecule has 0 aliphatic heterocycles. The quantitative estimate of drug-likeness (QED) is 0.375. The number of nitro benzene ring substituents is 1. The maximum absolute atomic E-state index is 13.3. The van der Waals surface area contributed by atoms with E-state index in [4.69, 9.17) is 4.74 Å². The van der Waals surface area contributed by atoms with E-state index in [1.807, 2.05) is 44.1 Å². The van der Waals surface area contributed by atoms with Crippen molar-refractivity contribution >= 4 is 38.3 Å². The van der Waals surface area contributed by atoms with E-state index in [9.17, 15) is 14.9 Å². The lowest BCUT2D eigenvalue weighted by molar-refractivity contribution is -0.385. The number of rotatable bonds is 9. The topological polar surface area (TPSA) is 88.8 Å². The van der Waals surface area contributed by atoms with E-state index in [0.717, 1.165) is 22.5 Å². The molecule has 0 fully saturated rings. The van der Waals surface area contributed by atoms with Crippen molar-refractivity contribution in [3.63, 3.8) is 0 Å². The largest absolute Gasteiger partial charge is 0.494 e. The van der Waals surface area contributed by atoms with Gasteiger partial charge in [-0.1, -0.05) is 23.5 Å². The zero-order valence-electron chi connectivity index (χ0n) is 17.2.